The number of aromatic nitrogens is 4. The maximum absolute atomic E-state index is 12.3. The summed E-state index contributed by atoms with van der Waals surface area (Å²) in [4.78, 5) is 16.5. The van der Waals surface area contributed by atoms with Gasteiger partial charge in [-0.05, 0) is 36.2 Å². The minimum Gasteiger partial charge on any atom is -0.355 e. The van der Waals surface area contributed by atoms with Crippen molar-refractivity contribution in [1.29, 1.82) is 0 Å². The van der Waals surface area contributed by atoms with Crippen molar-refractivity contribution in [3.05, 3.63) is 90.8 Å². The van der Waals surface area contributed by atoms with E-state index in [-0.39, 0.29) is 11.7 Å². The van der Waals surface area contributed by atoms with Crippen LogP contribution in [0.2, 0.25) is 0 Å². The number of hydrogen-bond acceptors (Lipinski definition) is 5. The third-order valence-electron chi connectivity index (χ3n) is 4.48. The third kappa shape index (κ3) is 4.93. The van der Waals surface area contributed by atoms with E-state index in [1.165, 1.54) is 17.3 Å². The Hall–Kier alpha value is -3.45. The molecule has 0 atom stereocenters. The van der Waals surface area contributed by atoms with Crippen LogP contribution in [0.25, 0.3) is 17.1 Å². The molecule has 2 heterocycles. The second kappa shape index (κ2) is 9.84. The summed E-state index contributed by atoms with van der Waals surface area (Å²) >= 11 is 1.37. The number of nitrogens with one attached hydrogen (secondary N) is 1. The zero-order chi connectivity index (χ0) is 20.6. The van der Waals surface area contributed by atoms with Crippen molar-refractivity contribution in [3.8, 4) is 17.1 Å². The molecule has 7 heteroatoms. The predicted molar refractivity (Wildman–Crippen MR) is 118 cm³/mol. The summed E-state index contributed by atoms with van der Waals surface area (Å²) < 4.78 is 1.96. The van der Waals surface area contributed by atoms with Gasteiger partial charge in [0, 0.05) is 30.2 Å². The standard InChI is InChI=1S/C23H21N5OS/c29-21(25-15-13-18-8-3-1-4-9-18)17-30-23-27-26-22(19-10-7-14-24-16-19)28(23)20-11-5-2-6-12-20/h1-12,14,16H,13,15,17H2,(H,25,29). The van der Waals surface area contributed by atoms with Crippen LogP contribution >= 0.6 is 11.8 Å². The van der Waals surface area contributed by atoms with Gasteiger partial charge in [0.1, 0.15) is 0 Å². The molecule has 0 unspecified atom stereocenters. The first-order valence-electron chi connectivity index (χ1n) is 9.66. The lowest BCUT2D eigenvalue weighted by molar-refractivity contribution is -0.118. The summed E-state index contributed by atoms with van der Waals surface area (Å²) in [5.74, 6) is 0.940. The number of pyridine rings is 1. The molecule has 4 aromatic rings. The molecule has 30 heavy (non-hydrogen) atoms. The predicted octanol–water partition coefficient (Wildman–Crippen LogP) is 3.78. The molecule has 0 bridgehead atoms. The van der Waals surface area contributed by atoms with E-state index >= 15 is 0 Å². The Kier molecular flexibility index (Phi) is 6.51. The number of carbonyl (C=O) groups excluding carboxylic acids is 1. The summed E-state index contributed by atoms with van der Waals surface area (Å²) in [5.41, 5.74) is 3.01. The van der Waals surface area contributed by atoms with Gasteiger partial charge in [-0.2, -0.15) is 0 Å². The molecule has 1 amide bonds. The number of rotatable bonds is 8. The first kappa shape index (κ1) is 19.8. The number of amides is 1. The molecule has 0 aliphatic carbocycles. The molecule has 0 aliphatic rings. The molecular weight excluding hydrogens is 394 g/mol. The van der Waals surface area contributed by atoms with Gasteiger partial charge in [0.05, 0.1) is 5.75 Å². The lowest BCUT2D eigenvalue weighted by Crippen LogP contribution is -2.27. The van der Waals surface area contributed by atoms with Gasteiger partial charge in [0.25, 0.3) is 0 Å². The highest BCUT2D eigenvalue weighted by molar-refractivity contribution is 7.99. The highest BCUT2D eigenvalue weighted by atomic mass is 32.2. The number of para-hydroxylation sites is 1. The average molecular weight is 416 g/mol. The van der Waals surface area contributed by atoms with Crippen LogP contribution in [-0.2, 0) is 11.2 Å². The topological polar surface area (TPSA) is 72.7 Å². The van der Waals surface area contributed by atoms with Gasteiger partial charge < -0.3 is 5.32 Å². The van der Waals surface area contributed by atoms with Crippen molar-refractivity contribution in [2.45, 2.75) is 11.6 Å². The van der Waals surface area contributed by atoms with Crippen molar-refractivity contribution in [1.82, 2.24) is 25.1 Å². The Balaban J connectivity index is 1.45. The number of hydrogen-bond donors (Lipinski definition) is 1. The number of benzene rings is 2. The number of nitrogens with zero attached hydrogens (tertiary/aromatic N) is 4. The van der Waals surface area contributed by atoms with Crippen molar-refractivity contribution in [2.75, 3.05) is 12.3 Å². The van der Waals surface area contributed by atoms with Gasteiger partial charge in [-0.15, -0.1) is 10.2 Å². The first-order valence-corrected chi connectivity index (χ1v) is 10.6. The van der Waals surface area contributed by atoms with Crippen molar-refractivity contribution in [2.24, 2.45) is 0 Å². The average Bonchev–Trinajstić information content (AvgIpc) is 3.23. The molecule has 0 spiro atoms. The maximum Gasteiger partial charge on any atom is 0.230 e. The zero-order valence-electron chi connectivity index (χ0n) is 16.3. The van der Waals surface area contributed by atoms with Crippen LogP contribution in [0.4, 0.5) is 0 Å². The summed E-state index contributed by atoms with van der Waals surface area (Å²) in [6.45, 7) is 0.607. The van der Waals surface area contributed by atoms with Gasteiger partial charge in [0.2, 0.25) is 5.91 Å². The van der Waals surface area contributed by atoms with Crippen LogP contribution in [0.5, 0.6) is 0 Å². The van der Waals surface area contributed by atoms with Crippen LogP contribution < -0.4 is 5.32 Å². The molecule has 0 aliphatic heterocycles. The molecular formula is C23H21N5OS. The van der Waals surface area contributed by atoms with Gasteiger partial charge in [-0.25, -0.2) is 0 Å². The van der Waals surface area contributed by atoms with Gasteiger partial charge in [0.15, 0.2) is 11.0 Å². The fourth-order valence-electron chi connectivity index (χ4n) is 3.03. The first-order chi connectivity index (χ1) is 14.8. The number of carbonyl (C=O) groups is 1. The minimum absolute atomic E-state index is 0.0264. The molecule has 150 valence electrons. The molecule has 0 fully saturated rings. The van der Waals surface area contributed by atoms with Crippen LogP contribution in [0.3, 0.4) is 0 Å². The Labute approximate surface area is 179 Å². The van der Waals surface area contributed by atoms with E-state index in [1.807, 2.05) is 65.2 Å². The lowest BCUT2D eigenvalue weighted by atomic mass is 10.1. The van der Waals surface area contributed by atoms with Crippen LogP contribution in [-0.4, -0.2) is 38.0 Å². The summed E-state index contributed by atoms with van der Waals surface area (Å²) in [6, 6.07) is 23.8. The highest BCUT2D eigenvalue weighted by Crippen LogP contribution is 2.27. The Morgan fingerprint density at radius 1 is 0.933 bits per heavy atom. The second-order valence-electron chi connectivity index (χ2n) is 6.59. The highest BCUT2D eigenvalue weighted by Gasteiger charge is 2.17. The van der Waals surface area contributed by atoms with Gasteiger partial charge >= 0.3 is 0 Å². The minimum atomic E-state index is -0.0264. The zero-order valence-corrected chi connectivity index (χ0v) is 17.1. The van der Waals surface area contributed by atoms with Gasteiger partial charge in [-0.3, -0.25) is 14.3 Å². The molecule has 0 radical (unpaired) electrons. The van der Waals surface area contributed by atoms with E-state index in [1.54, 1.807) is 12.4 Å². The Bertz CT molecular complexity index is 1080. The third-order valence-corrected chi connectivity index (χ3v) is 5.41. The molecule has 4 rings (SSSR count). The number of thioether (sulfide) groups is 1. The monoisotopic (exact) mass is 415 g/mol. The maximum atomic E-state index is 12.3. The summed E-state index contributed by atoms with van der Waals surface area (Å²) in [6.07, 6.45) is 4.29. The Morgan fingerprint density at radius 2 is 1.70 bits per heavy atom. The normalized spacial score (nSPS) is 10.7. The lowest BCUT2D eigenvalue weighted by Gasteiger charge is -2.10. The van der Waals surface area contributed by atoms with E-state index in [9.17, 15) is 4.79 Å². The summed E-state index contributed by atoms with van der Waals surface area (Å²) in [5, 5.41) is 12.3. The largest absolute Gasteiger partial charge is 0.355 e. The smallest absolute Gasteiger partial charge is 0.230 e. The molecule has 2 aromatic carbocycles. The van der Waals surface area contributed by atoms with E-state index < -0.39 is 0 Å². The van der Waals surface area contributed by atoms with Crippen molar-refractivity contribution < 1.29 is 4.79 Å². The van der Waals surface area contributed by atoms with Gasteiger partial charge in [-0.1, -0.05) is 60.3 Å². The SMILES string of the molecule is O=C(CSc1nnc(-c2cccnc2)n1-c1ccccc1)NCCc1ccccc1. The molecule has 2 aromatic heterocycles. The fourth-order valence-corrected chi connectivity index (χ4v) is 3.81. The summed E-state index contributed by atoms with van der Waals surface area (Å²) in [7, 11) is 0. The van der Waals surface area contributed by atoms with E-state index in [4.69, 9.17) is 0 Å². The van der Waals surface area contributed by atoms with Crippen molar-refractivity contribution >= 4 is 17.7 Å². The quantitative estimate of drug-likeness (QED) is 0.444. The molecule has 0 saturated heterocycles. The molecule has 6 nitrogen and oxygen atoms in total. The van der Waals surface area contributed by atoms with Crippen LogP contribution in [0, 0.1) is 0 Å². The molecule has 1 N–H and O–H groups in total. The second-order valence-corrected chi connectivity index (χ2v) is 7.54. The van der Waals surface area contributed by atoms with Crippen LogP contribution in [0.1, 0.15) is 5.56 Å². The Morgan fingerprint density at radius 3 is 2.43 bits per heavy atom. The van der Waals surface area contributed by atoms with E-state index in [0.29, 0.717) is 17.5 Å². The molecule has 0 saturated carbocycles. The van der Waals surface area contributed by atoms with Crippen LogP contribution in [0.15, 0.2) is 90.3 Å². The fraction of sp³-hybridized carbons (Fsp3) is 0.130. The van der Waals surface area contributed by atoms with Crippen molar-refractivity contribution in [3.63, 3.8) is 0 Å². The van der Waals surface area contributed by atoms with E-state index in [0.717, 1.165) is 17.7 Å². The van der Waals surface area contributed by atoms with E-state index in [2.05, 4.69) is 32.6 Å².